The number of nitrogens with zero attached hydrogens (tertiary/aromatic N) is 2. The molecule has 1 aliphatic heterocycles. The van der Waals surface area contributed by atoms with Gasteiger partial charge in [-0.1, -0.05) is 0 Å². The van der Waals surface area contributed by atoms with E-state index in [1.165, 1.54) is 0 Å². The monoisotopic (exact) mass is 237 g/mol. The molecule has 1 fully saturated rings. The van der Waals surface area contributed by atoms with Crippen LogP contribution in [0.2, 0.25) is 0 Å². The molecule has 0 aliphatic carbocycles. The minimum atomic E-state index is -0.824. The Morgan fingerprint density at radius 3 is 2.53 bits per heavy atom. The fourth-order valence-electron chi connectivity index (χ4n) is 1.94. The highest BCUT2D eigenvalue weighted by Crippen LogP contribution is 2.07. The van der Waals surface area contributed by atoms with Gasteiger partial charge in [-0.25, -0.2) is 0 Å². The van der Waals surface area contributed by atoms with Crippen LogP contribution in [0, 0.1) is 0 Å². The Labute approximate surface area is 98.8 Å². The average molecular weight is 237 g/mol. The van der Waals surface area contributed by atoms with E-state index < -0.39 is 5.97 Å². The molecule has 1 amide bonds. The molecule has 0 spiro atoms. The molecule has 2 rings (SSSR count). The van der Waals surface area contributed by atoms with Gasteiger partial charge in [0.1, 0.15) is 0 Å². The van der Waals surface area contributed by atoms with Gasteiger partial charge in [0.25, 0.3) is 5.91 Å². The Balaban J connectivity index is 1.87. The van der Waals surface area contributed by atoms with Gasteiger partial charge in [-0.05, 0) is 6.07 Å². The predicted octanol–water partition coefficient (Wildman–Crippen LogP) is -0.143. The van der Waals surface area contributed by atoms with Gasteiger partial charge in [-0.3, -0.25) is 14.5 Å². The van der Waals surface area contributed by atoms with Crippen LogP contribution in [0.3, 0.4) is 0 Å². The molecule has 1 aromatic rings. The Hall–Kier alpha value is -1.82. The summed E-state index contributed by atoms with van der Waals surface area (Å²) >= 11 is 0. The topological polar surface area (TPSA) is 76.6 Å². The van der Waals surface area contributed by atoms with E-state index >= 15 is 0 Å². The van der Waals surface area contributed by atoms with Crippen LogP contribution in [-0.2, 0) is 4.79 Å². The number of amides is 1. The predicted molar refractivity (Wildman–Crippen MR) is 60.8 cm³/mol. The lowest BCUT2D eigenvalue weighted by atomic mass is 10.2. The highest BCUT2D eigenvalue weighted by atomic mass is 16.4. The summed E-state index contributed by atoms with van der Waals surface area (Å²) in [5, 5.41) is 8.66. The molecule has 0 bridgehead atoms. The minimum absolute atomic E-state index is 0.00113. The van der Waals surface area contributed by atoms with Gasteiger partial charge in [-0.2, -0.15) is 0 Å². The van der Waals surface area contributed by atoms with Crippen molar-refractivity contribution in [3.63, 3.8) is 0 Å². The van der Waals surface area contributed by atoms with E-state index in [9.17, 15) is 9.59 Å². The first-order chi connectivity index (χ1) is 8.16. The number of hydrogen-bond acceptors (Lipinski definition) is 3. The molecule has 2 N–H and O–H groups in total. The van der Waals surface area contributed by atoms with Crippen LogP contribution in [-0.4, -0.2) is 64.5 Å². The van der Waals surface area contributed by atoms with E-state index in [0.29, 0.717) is 31.7 Å². The lowest BCUT2D eigenvalue weighted by Gasteiger charge is -2.33. The number of piperazine rings is 1. The first-order valence-corrected chi connectivity index (χ1v) is 5.53. The summed E-state index contributed by atoms with van der Waals surface area (Å²) in [5.41, 5.74) is 0.650. The molecule has 0 unspecified atom stereocenters. The normalized spacial score (nSPS) is 17.1. The molecule has 92 valence electrons. The molecule has 1 saturated heterocycles. The number of carbonyl (C=O) groups excluding carboxylic acids is 1. The number of carbonyl (C=O) groups is 2. The van der Waals surface area contributed by atoms with E-state index in [0.717, 1.165) is 0 Å². The highest BCUT2D eigenvalue weighted by molar-refractivity contribution is 5.94. The van der Waals surface area contributed by atoms with Gasteiger partial charge in [0.15, 0.2) is 0 Å². The number of aliphatic carboxylic acids is 1. The van der Waals surface area contributed by atoms with Gasteiger partial charge in [0, 0.05) is 38.6 Å². The molecule has 17 heavy (non-hydrogen) atoms. The zero-order chi connectivity index (χ0) is 12.3. The number of hydrogen-bond donors (Lipinski definition) is 2. The van der Waals surface area contributed by atoms with E-state index in [2.05, 4.69) is 4.98 Å². The summed E-state index contributed by atoms with van der Waals surface area (Å²) in [6, 6.07) is 1.74. The van der Waals surface area contributed by atoms with E-state index in [1.807, 2.05) is 4.90 Å². The van der Waals surface area contributed by atoms with Gasteiger partial charge in [0.05, 0.1) is 12.1 Å². The highest BCUT2D eigenvalue weighted by Gasteiger charge is 2.23. The summed E-state index contributed by atoms with van der Waals surface area (Å²) in [6.45, 7) is 2.44. The SMILES string of the molecule is O=C(O)CN1CCN(C(=O)c2cc[nH]c2)CC1. The molecule has 2 heterocycles. The molecule has 0 atom stereocenters. The number of H-pyrrole nitrogens is 1. The van der Waals surface area contributed by atoms with Crippen molar-refractivity contribution in [1.82, 2.24) is 14.8 Å². The summed E-state index contributed by atoms with van der Waals surface area (Å²) in [5.74, 6) is -0.823. The zero-order valence-electron chi connectivity index (χ0n) is 9.43. The van der Waals surface area contributed by atoms with E-state index in [-0.39, 0.29) is 12.5 Å². The molecular formula is C11H15N3O3. The lowest BCUT2D eigenvalue weighted by molar-refractivity contribution is -0.138. The Kier molecular flexibility index (Phi) is 3.43. The fourth-order valence-corrected chi connectivity index (χ4v) is 1.94. The Morgan fingerprint density at radius 1 is 1.29 bits per heavy atom. The second-order valence-electron chi connectivity index (χ2n) is 4.06. The van der Waals surface area contributed by atoms with Crippen LogP contribution in [0.4, 0.5) is 0 Å². The van der Waals surface area contributed by atoms with Crippen molar-refractivity contribution < 1.29 is 14.7 Å². The standard InChI is InChI=1S/C11H15N3O3/c15-10(16)8-13-3-5-14(6-4-13)11(17)9-1-2-12-7-9/h1-2,7,12H,3-6,8H2,(H,15,16). The van der Waals surface area contributed by atoms with Crippen LogP contribution in [0.1, 0.15) is 10.4 Å². The fraction of sp³-hybridized carbons (Fsp3) is 0.455. The van der Waals surface area contributed by atoms with Crippen molar-refractivity contribution in [2.75, 3.05) is 32.7 Å². The summed E-state index contributed by atoms with van der Waals surface area (Å²) in [4.78, 5) is 28.9. The van der Waals surface area contributed by atoms with Gasteiger partial charge < -0.3 is 15.0 Å². The van der Waals surface area contributed by atoms with Crippen molar-refractivity contribution in [1.29, 1.82) is 0 Å². The number of aromatic amines is 1. The molecule has 1 aliphatic rings. The maximum absolute atomic E-state index is 12.0. The quantitative estimate of drug-likeness (QED) is 0.767. The molecule has 6 nitrogen and oxygen atoms in total. The number of aromatic nitrogens is 1. The third-order valence-corrected chi connectivity index (χ3v) is 2.86. The second kappa shape index (κ2) is 5.01. The minimum Gasteiger partial charge on any atom is -0.480 e. The molecule has 1 aromatic heterocycles. The van der Waals surface area contributed by atoms with Crippen LogP contribution in [0.5, 0.6) is 0 Å². The second-order valence-corrected chi connectivity index (χ2v) is 4.06. The smallest absolute Gasteiger partial charge is 0.317 e. The molecule has 0 saturated carbocycles. The number of carboxylic acids is 1. The third kappa shape index (κ3) is 2.85. The number of nitrogens with one attached hydrogen (secondary N) is 1. The van der Waals surface area contributed by atoms with E-state index in [4.69, 9.17) is 5.11 Å². The zero-order valence-corrected chi connectivity index (χ0v) is 9.43. The first-order valence-electron chi connectivity index (χ1n) is 5.53. The molecule has 0 aromatic carbocycles. The first kappa shape index (κ1) is 11.7. The van der Waals surface area contributed by atoms with E-state index in [1.54, 1.807) is 23.4 Å². The average Bonchev–Trinajstić information content (AvgIpc) is 2.82. The largest absolute Gasteiger partial charge is 0.480 e. The van der Waals surface area contributed by atoms with Crippen molar-refractivity contribution in [3.05, 3.63) is 24.0 Å². The van der Waals surface area contributed by atoms with Crippen LogP contribution >= 0.6 is 0 Å². The maximum atomic E-state index is 12.0. The van der Waals surface area contributed by atoms with Crippen molar-refractivity contribution >= 4 is 11.9 Å². The van der Waals surface area contributed by atoms with Gasteiger partial charge in [-0.15, -0.1) is 0 Å². The summed E-state index contributed by atoms with van der Waals surface area (Å²) in [6.07, 6.45) is 3.39. The lowest BCUT2D eigenvalue weighted by Crippen LogP contribution is -2.49. The van der Waals surface area contributed by atoms with Crippen LogP contribution in [0.25, 0.3) is 0 Å². The molecule has 6 heteroatoms. The number of carboxylic acid groups (broad SMARTS) is 1. The van der Waals surface area contributed by atoms with Gasteiger partial charge in [0.2, 0.25) is 0 Å². The van der Waals surface area contributed by atoms with Crippen molar-refractivity contribution in [3.8, 4) is 0 Å². The molecule has 0 radical (unpaired) electrons. The van der Waals surface area contributed by atoms with Crippen LogP contribution in [0.15, 0.2) is 18.5 Å². The molecular weight excluding hydrogens is 222 g/mol. The third-order valence-electron chi connectivity index (χ3n) is 2.86. The van der Waals surface area contributed by atoms with Crippen molar-refractivity contribution in [2.24, 2.45) is 0 Å². The summed E-state index contributed by atoms with van der Waals surface area (Å²) < 4.78 is 0. The van der Waals surface area contributed by atoms with Crippen molar-refractivity contribution in [2.45, 2.75) is 0 Å². The Bertz CT molecular complexity index is 394. The van der Waals surface area contributed by atoms with Gasteiger partial charge >= 0.3 is 5.97 Å². The maximum Gasteiger partial charge on any atom is 0.317 e. The summed E-state index contributed by atoms with van der Waals surface area (Å²) in [7, 11) is 0. The Morgan fingerprint density at radius 2 is 2.00 bits per heavy atom. The van der Waals surface area contributed by atoms with Crippen LogP contribution < -0.4 is 0 Å². The number of rotatable bonds is 3.